The van der Waals surface area contributed by atoms with E-state index in [9.17, 15) is 4.79 Å². The molecule has 19 heavy (non-hydrogen) atoms. The third kappa shape index (κ3) is 3.15. The lowest BCUT2D eigenvalue weighted by Crippen LogP contribution is -2.32. The molecule has 1 aromatic heterocycles. The van der Waals surface area contributed by atoms with Crippen LogP contribution in [0.3, 0.4) is 0 Å². The minimum atomic E-state index is -0.435. The van der Waals surface area contributed by atoms with E-state index in [-0.39, 0.29) is 17.8 Å². The van der Waals surface area contributed by atoms with Crippen LogP contribution in [0.4, 0.5) is 0 Å². The second-order valence-electron chi connectivity index (χ2n) is 6.01. The van der Waals surface area contributed by atoms with Gasteiger partial charge in [-0.1, -0.05) is 0 Å². The van der Waals surface area contributed by atoms with Crippen molar-refractivity contribution >= 4 is 5.97 Å². The minimum Gasteiger partial charge on any atom is -0.460 e. The Morgan fingerprint density at radius 3 is 2.89 bits per heavy atom. The average Bonchev–Trinajstić information content (AvgIpc) is 2.94. The standard InChI is InChI=1S/C14H23N3O2/c1-5-17-9-16-8-12(17)10-6-15-7-11(10)13(18)19-14(2,3)4/h8-11,15H,5-7H2,1-4H3. The molecule has 0 saturated carbocycles. The molecule has 1 aliphatic rings. The molecule has 2 atom stereocenters. The van der Waals surface area contributed by atoms with Gasteiger partial charge in [0.1, 0.15) is 5.60 Å². The number of imidazole rings is 1. The number of rotatable bonds is 3. The Labute approximate surface area is 114 Å². The van der Waals surface area contributed by atoms with Gasteiger partial charge in [-0.2, -0.15) is 0 Å². The Morgan fingerprint density at radius 1 is 1.53 bits per heavy atom. The summed E-state index contributed by atoms with van der Waals surface area (Å²) in [5, 5.41) is 3.29. The molecule has 5 nitrogen and oxygen atoms in total. The van der Waals surface area contributed by atoms with Crippen molar-refractivity contribution < 1.29 is 9.53 Å². The largest absolute Gasteiger partial charge is 0.460 e. The molecule has 0 spiro atoms. The number of aryl methyl sites for hydroxylation is 1. The van der Waals surface area contributed by atoms with Crippen molar-refractivity contribution in [3.63, 3.8) is 0 Å². The summed E-state index contributed by atoms with van der Waals surface area (Å²) in [7, 11) is 0. The molecule has 0 bridgehead atoms. The van der Waals surface area contributed by atoms with Gasteiger partial charge in [0.25, 0.3) is 0 Å². The molecule has 0 aliphatic carbocycles. The molecule has 106 valence electrons. The van der Waals surface area contributed by atoms with E-state index in [0.29, 0.717) is 6.54 Å². The summed E-state index contributed by atoms with van der Waals surface area (Å²) in [5.41, 5.74) is 0.679. The normalized spacial score (nSPS) is 23.6. The predicted octanol–water partition coefficient (Wildman–Crippen LogP) is 1.55. The number of carbonyl (C=O) groups excluding carboxylic acids is 1. The topological polar surface area (TPSA) is 56.2 Å². The monoisotopic (exact) mass is 265 g/mol. The number of aromatic nitrogens is 2. The number of nitrogens with one attached hydrogen (secondary N) is 1. The minimum absolute atomic E-state index is 0.119. The third-order valence-electron chi connectivity index (χ3n) is 3.39. The van der Waals surface area contributed by atoms with E-state index >= 15 is 0 Å². The van der Waals surface area contributed by atoms with Crippen molar-refractivity contribution in [1.82, 2.24) is 14.9 Å². The number of ether oxygens (including phenoxy) is 1. The maximum Gasteiger partial charge on any atom is 0.311 e. The van der Waals surface area contributed by atoms with Crippen molar-refractivity contribution in [1.29, 1.82) is 0 Å². The van der Waals surface area contributed by atoms with Crippen LogP contribution in [0, 0.1) is 5.92 Å². The number of nitrogens with zero attached hydrogens (tertiary/aromatic N) is 2. The highest BCUT2D eigenvalue weighted by Crippen LogP contribution is 2.30. The fourth-order valence-electron chi connectivity index (χ4n) is 2.52. The van der Waals surface area contributed by atoms with E-state index in [1.807, 2.05) is 33.3 Å². The Balaban J connectivity index is 2.15. The van der Waals surface area contributed by atoms with Gasteiger partial charge in [0.2, 0.25) is 0 Å². The number of carbonyl (C=O) groups is 1. The van der Waals surface area contributed by atoms with E-state index in [0.717, 1.165) is 18.8 Å². The smallest absolute Gasteiger partial charge is 0.311 e. The molecule has 1 aromatic rings. The highest BCUT2D eigenvalue weighted by Gasteiger charge is 2.38. The van der Waals surface area contributed by atoms with Gasteiger partial charge in [0.05, 0.1) is 12.2 Å². The number of hydrogen-bond donors (Lipinski definition) is 1. The van der Waals surface area contributed by atoms with Crippen LogP contribution in [0.2, 0.25) is 0 Å². The summed E-state index contributed by atoms with van der Waals surface area (Å²) in [6.07, 6.45) is 3.68. The quantitative estimate of drug-likeness (QED) is 0.842. The van der Waals surface area contributed by atoms with Gasteiger partial charge in [-0.3, -0.25) is 4.79 Å². The van der Waals surface area contributed by atoms with E-state index in [4.69, 9.17) is 4.74 Å². The first-order chi connectivity index (χ1) is 8.92. The fourth-order valence-corrected chi connectivity index (χ4v) is 2.52. The van der Waals surface area contributed by atoms with E-state index in [2.05, 4.69) is 21.8 Å². The maximum atomic E-state index is 12.3. The van der Waals surface area contributed by atoms with Crippen LogP contribution in [-0.4, -0.2) is 34.2 Å². The van der Waals surface area contributed by atoms with Crippen LogP contribution >= 0.6 is 0 Å². The van der Waals surface area contributed by atoms with Crippen molar-refractivity contribution in [3.8, 4) is 0 Å². The van der Waals surface area contributed by atoms with E-state index < -0.39 is 5.60 Å². The van der Waals surface area contributed by atoms with Gasteiger partial charge in [0.15, 0.2) is 0 Å². The van der Waals surface area contributed by atoms with E-state index in [1.54, 1.807) is 0 Å². The Kier molecular flexibility index (Phi) is 3.94. The lowest BCUT2D eigenvalue weighted by molar-refractivity contribution is -0.159. The molecular formula is C14H23N3O2. The molecule has 2 rings (SSSR count). The first kappa shape index (κ1) is 14.1. The summed E-state index contributed by atoms with van der Waals surface area (Å²) in [5.74, 6) is -0.0927. The molecule has 1 aliphatic heterocycles. The molecule has 0 aromatic carbocycles. The van der Waals surface area contributed by atoms with Crippen LogP contribution in [0.15, 0.2) is 12.5 Å². The molecular weight excluding hydrogens is 242 g/mol. The molecule has 1 saturated heterocycles. The van der Waals surface area contributed by atoms with Crippen LogP contribution in [0.25, 0.3) is 0 Å². The van der Waals surface area contributed by atoms with E-state index in [1.165, 1.54) is 0 Å². The highest BCUT2D eigenvalue weighted by atomic mass is 16.6. The van der Waals surface area contributed by atoms with Gasteiger partial charge in [-0.25, -0.2) is 4.98 Å². The predicted molar refractivity (Wildman–Crippen MR) is 72.8 cm³/mol. The SMILES string of the molecule is CCn1cncc1C1CNCC1C(=O)OC(C)(C)C. The van der Waals surface area contributed by atoms with Crippen LogP contribution in [0.1, 0.15) is 39.3 Å². The first-order valence-corrected chi connectivity index (χ1v) is 6.86. The zero-order valence-electron chi connectivity index (χ0n) is 12.1. The molecule has 2 unspecified atom stereocenters. The van der Waals surface area contributed by atoms with Gasteiger partial charge >= 0.3 is 5.97 Å². The summed E-state index contributed by atoms with van der Waals surface area (Å²) in [6, 6.07) is 0. The molecule has 0 amide bonds. The summed E-state index contributed by atoms with van der Waals surface area (Å²) in [6.45, 7) is 10.1. The maximum absolute atomic E-state index is 12.3. The van der Waals surface area contributed by atoms with Crippen molar-refractivity contribution in [3.05, 3.63) is 18.2 Å². The Hall–Kier alpha value is -1.36. The summed E-state index contributed by atoms with van der Waals surface area (Å²) in [4.78, 5) is 16.5. The van der Waals surface area contributed by atoms with Crippen LogP contribution in [0.5, 0.6) is 0 Å². The Bertz CT molecular complexity index is 448. The molecule has 2 heterocycles. The van der Waals surface area contributed by atoms with Gasteiger partial charge < -0.3 is 14.6 Å². The van der Waals surface area contributed by atoms with Crippen LogP contribution in [-0.2, 0) is 16.1 Å². The molecule has 1 fully saturated rings. The Morgan fingerprint density at radius 2 is 2.26 bits per heavy atom. The zero-order chi connectivity index (χ0) is 14.0. The first-order valence-electron chi connectivity index (χ1n) is 6.86. The zero-order valence-corrected chi connectivity index (χ0v) is 12.1. The number of esters is 1. The van der Waals surface area contributed by atoms with Gasteiger partial charge in [-0.05, 0) is 27.7 Å². The molecule has 5 heteroatoms. The molecule has 1 N–H and O–H groups in total. The van der Waals surface area contributed by atoms with Crippen molar-refractivity contribution in [2.24, 2.45) is 5.92 Å². The third-order valence-corrected chi connectivity index (χ3v) is 3.39. The van der Waals surface area contributed by atoms with Gasteiger partial charge in [0, 0.05) is 37.4 Å². The number of hydrogen-bond acceptors (Lipinski definition) is 4. The second-order valence-corrected chi connectivity index (χ2v) is 6.01. The highest BCUT2D eigenvalue weighted by molar-refractivity contribution is 5.75. The lowest BCUT2D eigenvalue weighted by Gasteiger charge is -2.24. The summed E-state index contributed by atoms with van der Waals surface area (Å²) < 4.78 is 7.61. The summed E-state index contributed by atoms with van der Waals surface area (Å²) >= 11 is 0. The lowest BCUT2D eigenvalue weighted by atomic mass is 9.93. The van der Waals surface area contributed by atoms with Crippen LogP contribution < -0.4 is 5.32 Å². The molecule has 0 radical (unpaired) electrons. The second kappa shape index (κ2) is 5.33. The van der Waals surface area contributed by atoms with Gasteiger partial charge in [-0.15, -0.1) is 0 Å². The fraction of sp³-hybridized carbons (Fsp3) is 0.714. The average molecular weight is 265 g/mol. The van der Waals surface area contributed by atoms with Crippen molar-refractivity contribution in [2.45, 2.75) is 45.8 Å². The van der Waals surface area contributed by atoms with Crippen molar-refractivity contribution in [2.75, 3.05) is 13.1 Å².